The van der Waals surface area contributed by atoms with E-state index in [0.717, 1.165) is 0 Å². The lowest BCUT2D eigenvalue weighted by atomic mass is 10.2. The molecule has 0 amide bonds. The topological polar surface area (TPSA) is 92.9 Å². The Hall–Kier alpha value is -1.15. The first kappa shape index (κ1) is 14.3. The minimum atomic E-state index is -3.60. The molecule has 1 heterocycles. The number of benzene rings is 1. The minimum absolute atomic E-state index is 0.160. The van der Waals surface area contributed by atoms with E-state index in [-0.39, 0.29) is 31.2 Å². The van der Waals surface area contributed by atoms with Gasteiger partial charge in [-0.15, -0.1) is 0 Å². The van der Waals surface area contributed by atoms with Crippen molar-refractivity contribution in [1.29, 1.82) is 0 Å². The largest absolute Gasteiger partial charge is 0.398 e. The van der Waals surface area contributed by atoms with E-state index < -0.39 is 16.1 Å². The number of morpholine rings is 1. The summed E-state index contributed by atoms with van der Waals surface area (Å²) >= 11 is 0. The van der Waals surface area contributed by atoms with Gasteiger partial charge < -0.3 is 15.6 Å². The van der Waals surface area contributed by atoms with Gasteiger partial charge in [0.1, 0.15) is 0 Å². The molecule has 0 radical (unpaired) electrons. The summed E-state index contributed by atoms with van der Waals surface area (Å²) < 4.78 is 31.7. The van der Waals surface area contributed by atoms with E-state index in [1.165, 1.54) is 4.31 Å². The van der Waals surface area contributed by atoms with Crippen molar-refractivity contribution in [1.82, 2.24) is 4.31 Å². The standard InChI is InChI=1S/C12H18N2O4S/c1-9-11(13)3-2-4-12(9)19(16,17)14-5-6-18-10(7-14)8-15/h2-4,10,15H,5-8,13H2,1H3. The van der Waals surface area contributed by atoms with Crippen LogP contribution in [0.2, 0.25) is 0 Å². The molecular formula is C12H18N2O4S. The van der Waals surface area contributed by atoms with Crippen LogP contribution in [-0.4, -0.2) is 50.2 Å². The average molecular weight is 286 g/mol. The van der Waals surface area contributed by atoms with Crippen LogP contribution in [0.5, 0.6) is 0 Å². The lowest BCUT2D eigenvalue weighted by Crippen LogP contribution is -2.46. The molecule has 3 N–H and O–H groups in total. The Morgan fingerprint density at radius 2 is 2.26 bits per heavy atom. The molecule has 19 heavy (non-hydrogen) atoms. The molecule has 1 aromatic rings. The minimum Gasteiger partial charge on any atom is -0.398 e. The van der Waals surface area contributed by atoms with Gasteiger partial charge in [-0.1, -0.05) is 6.07 Å². The van der Waals surface area contributed by atoms with Gasteiger partial charge in [-0.2, -0.15) is 4.31 Å². The van der Waals surface area contributed by atoms with E-state index in [4.69, 9.17) is 15.6 Å². The number of hydrogen-bond acceptors (Lipinski definition) is 5. The highest BCUT2D eigenvalue weighted by Gasteiger charge is 2.31. The average Bonchev–Trinajstić information content (AvgIpc) is 2.41. The highest BCUT2D eigenvalue weighted by atomic mass is 32.2. The summed E-state index contributed by atoms with van der Waals surface area (Å²) in [5, 5.41) is 9.08. The molecular weight excluding hydrogens is 268 g/mol. The summed E-state index contributed by atoms with van der Waals surface area (Å²) in [6, 6.07) is 4.84. The second-order valence-corrected chi connectivity index (χ2v) is 6.42. The molecule has 106 valence electrons. The molecule has 7 heteroatoms. The van der Waals surface area contributed by atoms with Crippen molar-refractivity contribution in [2.75, 3.05) is 32.0 Å². The van der Waals surface area contributed by atoms with Crippen molar-refractivity contribution in [2.24, 2.45) is 0 Å². The van der Waals surface area contributed by atoms with Crippen molar-refractivity contribution in [3.63, 3.8) is 0 Å². The second-order valence-electron chi connectivity index (χ2n) is 4.51. The van der Waals surface area contributed by atoms with Gasteiger partial charge in [0.05, 0.1) is 24.2 Å². The number of anilines is 1. The maximum atomic E-state index is 12.6. The van der Waals surface area contributed by atoms with Gasteiger partial charge in [0.25, 0.3) is 0 Å². The van der Waals surface area contributed by atoms with Crippen LogP contribution in [0.1, 0.15) is 5.56 Å². The fraction of sp³-hybridized carbons (Fsp3) is 0.500. The summed E-state index contributed by atoms with van der Waals surface area (Å²) in [5.41, 5.74) is 6.76. The van der Waals surface area contributed by atoms with Crippen LogP contribution in [0.25, 0.3) is 0 Å². The van der Waals surface area contributed by atoms with Crippen LogP contribution in [-0.2, 0) is 14.8 Å². The maximum Gasteiger partial charge on any atom is 0.243 e. The molecule has 1 aliphatic rings. The summed E-state index contributed by atoms with van der Waals surface area (Å²) in [4.78, 5) is 0.214. The van der Waals surface area contributed by atoms with Crippen LogP contribution in [0.15, 0.2) is 23.1 Å². The summed E-state index contributed by atoms with van der Waals surface area (Å²) in [7, 11) is -3.60. The summed E-state index contributed by atoms with van der Waals surface area (Å²) in [5.74, 6) is 0. The SMILES string of the molecule is Cc1c(N)cccc1S(=O)(=O)N1CCOC(CO)C1. The van der Waals surface area contributed by atoms with E-state index >= 15 is 0 Å². The van der Waals surface area contributed by atoms with Crippen LogP contribution in [0.4, 0.5) is 5.69 Å². The van der Waals surface area contributed by atoms with E-state index in [9.17, 15) is 8.42 Å². The maximum absolute atomic E-state index is 12.6. The third-order valence-electron chi connectivity index (χ3n) is 3.25. The lowest BCUT2D eigenvalue weighted by Gasteiger charge is -2.31. The normalized spacial score (nSPS) is 21.5. The quantitative estimate of drug-likeness (QED) is 0.761. The lowest BCUT2D eigenvalue weighted by molar-refractivity contribution is -0.0304. The van der Waals surface area contributed by atoms with Gasteiger partial charge >= 0.3 is 0 Å². The second kappa shape index (κ2) is 5.46. The zero-order chi connectivity index (χ0) is 14.0. The number of nitrogens with zero attached hydrogens (tertiary/aromatic N) is 1. The molecule has 1 aliphatic heterocycles. The number of nitrogens with two attached hydrogens (primary N) is 1. The number of rotatable bonds is 3. The third-order valence-corrected chi connectivity index (χ3v) is 5.26. The molecule has 0 saturated carbocycles. The van der Waals surface area contributed by atoms with Gasteiger partial charge in [0.2, 0.25) is 10.0 Å². The zero-order valence-electron chi connectivity index (χ0n) is 10.7. The Balaban J connectivity index is 2.34. The zero-order valence-corrected chi connectivity index (χ0v) is 11.6. The highest BCUT2D eigenvalue weighted by Crippen LogP contribution is 2.25. The Labute approximate surface area is 112 Å². The molecule has 6 nitrogen and oxygen atoms in total. The molecule has 0 aromatic heterocycles. The van der Waals surface area contributed by atoms with Gasteiger partial charge in [-0.3, -0.25) is 0 Å². The number of nitrogen functional groups attached to an aromatic ring is 1. The van der Waals surface area contributed by atoms with E-state index in [0.29, 0.717) is 11.3 Å². The Morgan fingerprint density at radius 1 is 1.53 bits per heavy atom. The van der Waals surface area contributed by atoms with Gasteiger partial charge in [0.15, 0.2) is 0 Å². The molecule has 0 aliphatic carbocycles. The van der Waals surface area contributed by atoms with Crippen molar-refractivity contribution < 1.29 is 18.3 Å². The molecule has 1 unspecified atom stereocenters. The number of aliphatic hydroxyl groups excluding tert-OH is 1. The first-order chi connectivity index (χ1) is 8.96. The predicted molar refractivity (Wildman–Crippen MR) is 71.2 cm³/mol. The molecule has 2 rings (SSSR count). The van der Waals surface area contributed by atoms with Crippen molar-refractivity contribution in [3.05, 3.63) is 23.8 Å². The van der Waals surface area contributed by atoms with Crippen LogP contribution in [0, 0.1) is 6.92 Å². The molecule has 0 bridgehead atoms. The smallest absolute Gasteiger partial charge is 0.243 e. The summed E-state index contributed by atoms with van der Waals surface area (Å²) in [6.45, 7) is 2.22. The van der Waals surface area contributed by atoms with E-state index in [2.05, 4.69) is 0 Å². The Morgan fingerprint density at radius 3 is 2.95 bits per heavy atom. The number of sulfonamides is 1. The van der Waals surface area contributed by atoms with Gasteiger partial charge in [0, 0.05) is 18.8 Å². The Bertz CT molecular complexity index is 559. The number of aliphatic hydroxyl groups is 1. The van der Waals surface area contributed by atoms with Gasteiger partial charge in [-0.05, 0) is 24.6 Å². The molecule has 1 saturated heterocycles. The van der Waals surface area contributed by atoms with Crippen LogP contribution < -0.4 is 5.73 Å². The van der Waals surface area contributed by atoms with Crippen LogP contribution >= 0.6 is 0 Å². The highest BCUT2D eigenvalue weighted by molar-refractivity contribution is 7.89. The predicted octanol–water partition coefficient (Wildman–Crippen LogP) is -0.0410. The first-order valence-corrected chi connectivity index (χ1v) is 7.48. The van der Waals surface area contributed by atoms with E-state index in [1.54, 1.807) is 25.1 Å². The Kier molecular flexibility index (Phi) is 4.10. The van der Waals surface area contributed by atoms with Crippen molar-refractivity contribution in [3.8, 4) is 0 Å². The van der Waals surface area contributed by atoms with Crippen molar-refractivity contribution in [2.45, 2.75) is 17.9 Å². The van der Waals surface area contributed by atoms with Crippen molar-refractivity contribution >= 4 is 15.7 Å². The number of hydrogen-bond donors (Lipinski definition) is 2. The third kappa shape index (κ3) is 2.74. The monoisotopic (exact) mass is 286 g/mol. The van der Waals surface area contributed by atoms with E-state index in [1.807, 2.05) is 0 Å². The fourth-order valence-electron chi connectivity index (χ4n) is 2.07. The molecule has 1 atom stereocenters. The number of ether oxygens (including phenoxy) is 1. The van der Waals surface area contributed by atoms with Crippen LogP contribution in [0.3, 0.4) is 0 Å². The molecule has 1 aromatic carbocycles. The molecule has 0 spiro atoms. The summed E-state index contributed by atoms with van der Waals surface area (Å²) in [6.07, 6.45) is -0.468. The first-order valence-electron chi connectivity index (χ1n) is 6.04. The molecule has 1 fully saturated rings. The fourth-order valence-corrected chi connectivity index (χ4v) is 3.78. The van der Waals surface area contributed by atoms with Gasteiger partial charge in [-0.25, -0.2) is 8.42 Å².